The molecule has 1 fully saturated rings. The van der Waals surface area contributed by atoms with E-state index in [0.29, 0.717) is 49.6 Å². The molecule has 32 heavy (non-hydrogen) atoms. The van der Waals surface area contributed by atoms with Crippen molar-refractivity contribution in [2.75, 3.05) is 19.7 Å². The molecule has 0 saturated carbocycles. The van der Waals surface area contributed by atoms with E-state index in [1.807, 2.05) is 19.4 Å². The minimum absolute atomic E-state index is 0.224. The van der Waals surface area contributed by atoms with Gasteiger partial charge in [-0.3, -0.25) is 9.69 Å². The van der Waals surface area contributed by atoms with Crippen molar-refractivity contribution >= 4 is 5.97 Å². The minimum Gasteiger partial charge on any atom is -0.466 e. The second-order valence-corrected chi connectivity index (χ2v) is 8.32. The number of rotatable bonds is 8. The molecular formula is C24H29FN4O3. The molecule has 3 heterocycles. The highest BCUT2D eigenvalue weighted by Crippen LogP contribution is 2.37. The number of aromatic nitrogens is 3. The second kappa shape index (κ2) is 9.65. The minimum atomic E-state index is -0.739. The first-order valence-electron chi connectivity index (χ1n) is 11.1. The van der Waals surface area contributed by atoms with Crippen LogP contribution in [0.5, 0.6) is 0 Å². The molecule has 2 aromatic heterocycles. The lowest BCUT2D eigenvalue weighted by Gasteiger charge is -2.40. The summed E-state index contributed by atoms with van der Waals surface area (Å²) in [4.78, 5) is 19.7. The van der Waals surface area contributed by atoms with E-state index in [1.165, 1.54) is 6.07 Å². The van der Waals surface area contributed by atoms with Crippen molar-refractivity contribution in [2.45, 2.75) is 46.2 Å². The summed E-state index contributed by atoms with van der Waals surface area (Å²) in [5.41, 5.74) is 1.19. The van der Waals surface area contributed by atoms with Gasteiger partial charge in [-0.1, -0.05) is 17.3 Å². The number of hydrogen-bond donors (Lipinski definition) is 0. The SMILES string of the molecule is CCOC(=O)[C@]1(Cc2cc(-c3ccccc3F)no2)CCCN(Cc2cncn2CC)C1. The van der Waals surface area contributed by atoms with Gasteiger partial charge >= 0.3 is 5.97 Å². The number of hydrogen-bond acceptors (Lipinski definition) is 6. The molecule has 1 aromatic carbocycles. The van der Waals surface area contributed by atoms with Gasteiger partial charge in [-0.05, 0) is 45.4 Å². The molecule has 4 rings (SSSR count). The third-order valence-corrected chi connectivity index (χ3v) is 6.11. The molecule has 3 aromatic rings. The van der Waals surface area contributed by atoms with Crippen molar-refractivity contribution in [1.29, 1.82) is 0 Å². The van der Waals surface area contributed by atoms with Gasteiger partial charge in [0.05, 0.1) is 24.0 Å². The maximum Gasteiger partial charge on any atom is 0.313 e. The zero-order chi connectivity index (χ0) is 22.6. The van der Waals surface area contributed by atoms with E-state index in [9.17, 15) is 9.18 Å². The van der Waals surface area contributed by atoms with Crippen LogP contribution in [0.25, 0.3) is 11.3 Å². The predicted molar refractivity (Wildman–Crippen MR) is 117 cm³/mol. The molecular weight excluding hydrogens is 411 g/mol. The van der Waals surface area contributed by atoms with Gasteiger partial charge < -0.3 is 13.8 Å². The number of nitrogens with zero attached hydrogens (tertiary/aromatic N) is 4. The molecule has 1 aliphatic rings. The highest BCUT2D eigenvalue weighted by Gasteiger charge is 2.44. The van der Waals surface area contributed by atoms with Crippen LogP contribution in [0.4, 0.5) is 4.39 Å². The van der Waals surface area contributed by atoms with E-state index < -0.39 is 5.41 Å². The molecule has 1 aliphatic heterocycles. The summed E-state index contributed by atoms with van der Waals surface area (Å²) in [5.74, 6) is -0.0295. The van der Waals surface area contributed by atoms with Crippen LogP contribution in [0.15, 0.2) is 47.4 Å². The number of carbonyl (C=O) groups is 1. The molecule has 1 saturated heterocycles. The van der Waals surface area contributed by atoms with Crippen molar-refractivity contribution < 1.29 is 18.4 Å². The zero-order valence-corrected chi connectivity index (χ0v) is 18.6. The number of esters is 1. The molecule has 0 spiro atoms. The highest BCUT2D eigenvalue weighted by atomic mass is 19.1. The first kappa shape index (κ1) is 22.2. The highest BCUT2D eigenvalue weighted by molar-refractivity contribution is 5.77. The molecule has 0 bridgehead atoms. The summed E-state index contributed by atoms with van der Waals surface area (Å²) < 4.78 is 27.3. The van der Waals surface area contributed by atoms with Gasteiger partial charge in [0.1, 0.15) is 17.3 Å². The van der Waals surface area contributed by atoms with Crippen molar-refractivity contribution in [2.24, 2.45) is 5.41 Å². The van der Waals surface area contributed by atoms with Crippen molar-refractivity contribution in [3.05, 3.63) is 60.1 Å². The first-order valence-corrected chi connectivity index (χ1v) is 11.1. The summed E-state index contributed by atoms with van der Waals surface area (Å²) in [7, 11) is 0. The molecule has 0 amide bonds. The van der Waals surface area contributed by atoms with Gasteiger partial charge in [0, 0.05) is 43.9 Å². The summed E-state index contributed by atoms with van der Waals surface area (Å²) in [5, 5.41) is 4.06. The Kier molecular flexibility index (Phi) is 6.69. The lowest BCUT2D eigenvalue weighted by Crippen LogP contribution is -2.49. The van der Waals surface area contributed by atoms with Crippen LogP contribution in [-0.2, 0) is 29.0 Å². The van der Waals surface area contributed by atoms with Crippen LogP contribution in [0.3, 0.4) is 0 Å². The van der Waals surface area contributed by atoms with Crippen LogP contribution in [0, 0.1) is 11.2 Å². The number of aryl methyl sites for hydroxylation is 1. The topological polar surface area (TPSA) is 73.4 Å². The van der Waals surface area contributed by atoms with Crippen LogP contribution >= 0.6 is 0 Å². The lowest BCUT2D eigenvalue weighted by atomic mass is 9.76. The van der Waals surface area contributed by atoms with Crippen LogP contribution in [0.1, 0.15) is 38.1 Å². The lowest BCUT2D eigenvalue weighted by molar-refractivity contribution is -0.159. The van der Waals surface area contributed by atoms with Crippen LogP contribution in [0.2, 0.25) is 0 Å². The Hall–Kier alpha value is -3.00. The number of halogens is 1. The number of likely N-dealkylation sites (tertiary alicyclic amines) is 1. The molecule has 0 unspecified atom stereocenters. The Morgan fingerprint density at radius 2 is 2.16 bits per heavy atom. The van der Waals surface area contributed by atoms with E-state index in [4.69, 9.17) is 9.26 Å². The van der Waals surface area contributed by atoms with E-state index in [2.05, 4.69) is 26.5 Å². The van der Waals surface area contributed by atoms with Crippen molar-refractivity contribution in [3.63, 3.8) is 0 Å². The smallest absolute Gasteiger partial charge is 0.313 e. The van der Waals surface area contributed by atoms with Crippen molar-refractivity contribution in [3.8, 4) is 11.3 Å². The third-order valence-electron chi connectivity index (χ3n) is 6.11. The molecule has 0 N–H and O–H groups in total. The Morgan fingerprint density at radius 3 is 2.94 bits per heavy atom. The summed E-state index contributed by atoms with van der Waals surface area (Å²) in [6.07, 6.45) is 5.63. The van der Waals surface area contributed by atoms with E-state index >= 15 is 0 Å². The molecule has 170 valence electrons. The van der Waals surface area contributed by atoms with Gasteiger partial charge in [0.25, 0.3) is 0 Å². The monoisotopic (exact) mass is 440 g/mol. The standard InChI is InChI=1S/C24H29FN4O3/c1-3-29-17-26-14-18(29)15-28-11-7-10-24(16-28,23(30)31-4-2)13-19-12-22(27-32-19)20-8-5-6-9-21(20)25/h5-6,8-9,12,14,17H,3-4,7,10-11,13,15-16H2,1-2H3/t24-/m0/s1. The van der Waals surface area contributed by atoms with Gasteiger partial charge in [-0.25, -0.2) is 9.37 Å². The molecule has 1 atom stereocenters. The summed E-state index contributed by atoms with van der Waals surface area (Å²) in [6.45, 7) is 7.23. The number of benzene rings is 1. The van der Waals surface area contributed by atoms with E-state index in [1.54, 1.807) is 24.3 Å². The quantitative estimate of drug-likeness (QED) is 0.492. The molecule has 0 radical (unpaired) electrons. The van der Waals surface area contributed by atoms with Crippen LogP contribution < -0.4 is 0 Å². The normalized spacial score (nSPS) is 19.2. The fourth-order valence-corrected chi connectivity index (χ4v) is 4.55. The molecule has 0 aliphatic carbocycles. The van der Waals surface area contributed by atoms with E-state index in [0.717, 1.165) is 25.2 Å². The number of ether oxygens (including phenoxy) is 1. The second-order valence-electron chi connectivity index (χ2n) is 8.32. The van der Waals surface area contributed by atoms with Crippen LogP contribution in [-0.4, -0.2) is 45.3 Å². The fraction of sp³-hybridized carbons (Fsp3) is 0.458. The van der Waals surface area contributed by atoms with Gasteiger partial charge in [-0.15, -0.1) is 0 Å². The Labute approximate surface area is 187 Å². The van der Waals surface area contributed by atoms with Gasteiger partial charge in [-0.2, -0.15) is 0 Å². The number of imidazole rings is 1. The molecule has 8 heteroatoms. The number of carbonyl (C=O) groups excluding carboxylic acids is 1. The molecule has 7 nitrogen and oxygen atoms in total. The average Bonchev–Trinajstić information content (AvgIpc) is 3.43. The van der Waals surface area contributed by atoms with Crippen molar-refractivity contribution in [1.82, 2.24) is 19.6 Å². The summed E-state index contributed by atoms with van der Waals surface area (Å²) >= 11 is 0. The largest absolute Gasteiger partial charge is 0.466 e. The third kappa shape index (κ3) is 4.60. The van der Waals surface area contributed by atoms with E-state index in [-0.39, 0.29) is 11.8 Å². The van der Waals surface area contributed by atoms with Gasteiger partial charge in [0.2, 0.25) is 0 Å². The first-order chi connectivity index (χ1) is 15.5. The Bertz CT molecular complexity index is 1060. The predicted octanol–water partition coefficient (Wildman–Crippen LogP) is 4.09. The van der Waals surface area contributed by atoms with Gasteiger partial charge in [0.15, 0.2) is 0 Å². The summed E-state index contributed by atoms with van der Waals surface area (Å²) in [6, 6.07) is 8.18. The zero-order valence-electron chi connectivity index (χ0n) is 18.6. The maximum atomic E-state index is 14.2. The Balaban J connectivity index is 1.57. The fourth-order valence-electron chi connectivity index (χ4n) is 4.55. The Morgan fingerprint density at radius 1 is 1.31 bits per heavy atom. The number of piperidine rings is 1. The maximum absolute atomic E-state index is 14.2. The average molecular weight is 441 g/mol.